The van der Waals surface area contributed by atoms with Crippen LogP contribution in [0.2, 0.25) is 0 Å². The van der Waals surface area contributed by atoms with Gasteiger partial charge in [0.1, 0.15) is 0 Å². The number of hydrogen-bond donors (Lipinski definition) is 1. The lowest BCUT2D eigenvalue weighted by molar-refractivity contribution is -0.154. The van der Waals surface area contributed by atoms with Crippen molar-refractivity contribution in [2.24, 2.45) is 0 Å². The van der Waals surface area contributed by atoms with E-state index in [9.17, 15) is 18.0 Å². The normalized spacial score (nSPS) is 18.8. The minimum absolute atomic E-state index is 0.0340. The first-order valence-corrected chi connectivity index (χ1v) is 15.9. The van der Waals surface area contributed by atoms with Gasteiger partial charge in [0.05, 0.1) is 31.0 Å². The first-order valence-electron chi connectivity index (χ1n) is 15.9. The molecule has 2 aliphatic rings. The summed E-state index contributed by atoms with van der Waals surface area (Å²) >= 11 is 0. The van der Waals surface area contributed by atoms with Crippen LogP contribution in [0.15, 0.2) is 73.1 Å². The van der Waals surface area contributed by atoms with Gasteiger partial charge < -0.3 is 19.1 Å². The number of fused-ring (bicyclic) bond motifs is 1. The Morgan fingerprint density at radius 3 is 2.25 bits per heavy atom. The number of aromatic nitrogens is 4. The average molecular weight is 666 g/mol. The number of nitrogens with zero attached hydrogens (tertiary/aromatic N) is 6. The smallest absolute Gasteiger partial charge is 0.422 e. The van der Waals surface area contributed by atoms with Crippen LogP contribution >= 0.6 is 0 Å². The molecule has 2 atom stereocenters. The molecule has 2 aromatic heterocycles. The van der Waals surface area contributed by atoms with Crippen molar-refractivity contribution in [2.45, 2.75) is 37.6 Å². The summed E-state index contributed by atoms with van der Waals surface area (Å²) in [5.74, 6) is -0.310. The number of benzene rings is 2. The fraction of sp³-hybridized carbons (Fsp3) is 0.412. The van der Waals surface area contributed by atoms with Gasteiger partial charge in [-0.25, -0.2) is 0 Å². The summed E-state index contributed by atoms with van der Waals surface area (Å²) in [5.41, 5.74) is 3.06. The number of ether oxygens (including phenoxy) is 3. The van der Waals surface area contributed by atoms with Crippen LogP contribution in [-0.2, 0) is 6.54 Å². The first-order chi connectivity index (χ1) is 23.2. The number of carbonyl (C=O) groups is 1. The fourth-order valence-corrected chi connectivity index (χ4v) is 6.75. The summed E-state index contributed by atoms with van der Waals surface area (Å²) in [6, 6.07) is 20.3. The molecular formula is C34H38F3N7O4. The van der Waals surface area contributed by atoms with Gasteiger partial charge in [0.25, 0.3) is 5.91 Å². The van der Waals surface area contributed by atoms with Gasteiger partial charge in [0.15, 0.2) is 6.61 Å². The third-order valence-corrected chi connectivity index (χ3v) is 8.73. The molecule has 2 aromatic carbocycles. The van der Waals surface area contributed by atoms with Crippen LogP contribution in [0.4, 0.5) is 13.2 Å². The van der Waals surface area contributed by atoms with Crippen LogP contribution in [0.5, 0.6) is 17.8 Å². The molecule has 0 bridgehead atoms. The van der Waals surface area contributed by atoms with E-state index in [-0.39, 0.29) is 60.4 Å². The summed E-state index contributed by atoms with van der Waals surface area (Å²) in [4.78, 5) is 28.4. The van der Waals surface area contributed by atoms with E-state index >= 15 is 0 Å². The number of amides is 1. The number of H-pyrrole nitrogens is 1. The molecule has 4 heterocycles. The second kappa shape index (κ2) is 14.6. The van der Waals surface area contributed by atoms with Gasteiger partial charge in [-0.3, -0.25) is 19.7 Å². The van der Waals surface area contributed by atoms with E-state index in [1.807, 2.05) is 41.3 Å². The van der Waals surface area contributed by atoms with Crippen molar-refractivity contribution in [3.8, 4) is 17.8 Å². The van der Waals surface area contributed by atoms with E-state index in [1.165, 1.54) is 13.3 Å². The van der Waals surface area contributed by atoms with Gasteiger partial charge in [-0.15, -0.1) is 0 Å². The van der Waals surface area contributed by atoms with Crippen molar-refractivity contribution >= 4 is 5.91 Å². The van der Waals surface area contributed by atoms with Crippen LogP contribution < -0.4 is 14.2 Å². The Bertz CT molecular complexity index is 1600. The van der Waals surface area contributed by atoms with Crippen molar-refractivity contribution in [1.82, 2.24) is 34.9 Å². The van der Waals surface area contributed by atoms with Crippen molar-refractivity contribution in [2.75, 3.05) is 53.0 Å². The van der Waals surface area contributed by atoms with Crippen LogP contribution in [0.25, 0.3) is 0 Å². The molecule has 48 heavy (non-hydrogen) atoms. The number of piperazine rings is 2. The molecule has 2 fully saturated rings. The molecule has 14 heteroatoms. The molecule has 1 unspecified atom stereocenters. The van der Waals surface area contributed by atoms with E-state index in [4.69, 9.17) is 14.2 Å². The molecule has 11 nitrogen and oxygen atoms in total. The van der Waals surface area contributed by atoms with Crippen LogP contribution in [0, 0.1) is 0 Å². The molecule has 4 aromatic rings. The lowest BCUT2D eigenvalue weighted by atomic mass is 9.81. The number of methoxy groups -OCH3 is 1. The van der Waals surface area contributed by atoms with E-state index in [1.54, 1.807) is 13.1 Å². The minimum Gasteiger partial charge on any atom is -0.481 e. The molecular weight excluding hydrogens is 627 g/mol. The maximum absolute atomic E-state index is 13.4. The van der Waals surface area contributed by atoms with Gasteiger partial charge in [-0.1, -0.05) is 60.7 Å². The summed E-state index contributed by atoms with van der Waals surface area (Å²) in [7, 11) is 1.40. The molecule has 1 amide bonds. The summed E-state index contributed by atoms with van der Waals surface area (Å²) in [6.07, 6.45) is -1.47. The first kappa shape index (κ1) is 33.2. The Balaban J connectivity index is 1.38. The Morgan fingerprint density at radius 2 is 1.65 bits per heavy atom. The zero-order valence-corrected chi connectivity index (χ0v) is 26.8. The number of alkyl halides is 3. The zero-order valence-electron chi connectivity index (χ0n) is 26.8. The number of carbonyl (C=O) groups excluding carboxylic acids is 1. The molecule has 0 spiro atoms. The number of halogens is 3. The molecule has 2 aliphatic heterocycles. The topological polar surface area (TPSA) is 109 Å². The second-order valence-corrected chi connectivity index (χ2v) is 11.8. The average Bonchev–Trinajstić information content (AvgIpc) is 3.64. The lowest BCUT2D eigenvalue weighted by Gasteiger charge is -2.53. The van der Waals surface area contributed by atoms with Crippen LogP contribution in [0.1, 0.15) is 39.9 Å². The maximum Gasteiger partial charge on any atom is 0.422 e. The quantitative estimate of drug-likeness (QED) is 0.250. The molecule has 1 N–H and O–H groups in total. The molecule has 0 saturated carbocycles. The summed E-state index contributed by atoms with van der Waals surface area (Å²) < 4.78 is 56.2. The highest BCUT2D eigenvalue weighted by molar-refractivity contribution is 5.93. The number of rotatable bonds is 11. The van der Waals surface area contributed by atoms with Gasteiger partial charge in [-0.2, -0.15) is 28.2 Å². The van der Waals surface area contributed by atoms with Crippen molar-refractivity contribution in [3.63, 3.8) is 0 Å². The molecule has 254 valence electrons. The fourth-order valence-electron chi connectivity index (χ4n) is 6.75. The monoisotopic (exact) mass is 665 g/mol. The number of aromatic amines is 1. The van der Waals surface area contributed by atoms with E-state index in [0.29, 0.717) is 38.3 Å². The van der Waals surface area contributed by atoms with E-state index in [2.05, 4.69) is 54.2 Å². The Hall–Kier alpha value is -4.69. The molecule has 0 radical (unpaired) electrons. The SMILES string of the molecule is CCOc1nc(OC)c(CN2CC(C(c3ccccc3)c3ccccc3)N3CCN(C(=O)c4cn[nH]c4)C[C@H]3C2)c(OCC(F)(F)F)n1. The highest BCUT2D eigenvalue weighted by atomic mass is 19.4. The highest BCUT2D eigenvalue weighted by Gasteiger charge is 2.44. The summed E-state index contributed by atoms with van der Waals surface area (Å²) in [5, 5.41) is 6.66. The second-order valence-electron chi connectivity index (χ2n) is 11.8. The third-order valence-electron chi connectivity index (χ3n) is 8.73. The van der Waals surface area contributed by atoms with Crippen molar-refractivity contribution < 1.29 is 32.2 Å². The Labute approximate surface area is 276 Å². The van der Waals surface area contributed by atoms with Crippen LogP contribution in [0.3, 0.4) is 0 Å². The predicted octanol–water partition coefficient (Wildman–Crippen LogP) is 4.39. The Morgan fingerprint density at radius 1 is 0.958 bits per heavy atom. The largest absolute Gasteiger partial charge is 0.481 e. The van der Waals surface area contributed by atoms with Crippen LogP contribution in [-0.4, -0.2) is 112 Å². The summed E-state index contributed by atoms with van der Waals surface area (Å²) in [6.45, 7) is 3.30. The number of hydrogen-bond acceptors (Lipinski definition) is 9. The van der Waals surface area contributed by atoms with E-state index in [0.717, 1.165) is 11.1 Å². The predicted molar refractivity (Wildman–Crippen MR) is 170 cm³/mol. The van der Waals surface area contributed by atoms with Gasteiger partial charge in [0.2, 0.25) is 11.8 Å². The number of nitrogens with one attached hydrogen (secondary N) is 1. The Kier molecular flexibility index (Phi) is 10.1. The molecule has 2 saturated heterocycles. The van der Waals surface area contributed by atoms with Gasteiger partial charge >= 0.3 is 12.2 Å². The van der Waals surface area contributed by atoms with Crippen molar-refractivity contribution in [3.05, 3.63) is 95.3 Å². The minimum atomic E-state index is -4.58. The standard InChI is InChI=1S/C34H38F3N7O4/c1-3-47-33-40-30(46-2)27(31(41-33)48-22-34(35,36)37)20-42-18-26-19-43(32(45)25-16-38-39-17-25)14-15-44(26)28(21-42)29(23-10-6-4-7-11-23)24-12-8-5-9-13-24/h4-13,16-17,26,28-29H,3,14-15,18-22H2,1-2H3,(H,38,39)/t26-,28?/m1/s1. The molecule has 6 rings (SSSR count). The maximum atomic E-state index is 13.4. The van der Waals surface area contributed by atoms with Crippen molar-refractivity contribution in [1.29, 1.82) is 0 Å². The van der Waals surface area contributed by atoms with Gasteiger partial charge in [-0.05, 0) is 18.1 Å². The highest BCUT2D eigenvalue weighted by Crippen LogP contribution is 2.38. The van der Waals surface area contributed by atoms with Gasteiger partial charge in [0, 0.05) is 63.5 Å². The zero-order chi connectivity index (χ0) is 33.7. The third kappa shape index (κ3) is 7.55. The van der Waals surface area contributed by atoms with E-state index < -0.39 is 12.8 Å². The molecule has 0 aliphatic carbocycles. The lowest BCUT2D eigenvalue weighted by Crippen LogP contribution is -2.67.